The lowest BCUT2D eigenvalue weighted by Crippen LogP contribution is -2.46. The molecule has 0 bridgehead atoms. The Kier molecular flexibility index (Phi) is 4.32. The number of likely N-dealkylation sites (tertiary alicyclic amines) is 1. The lowest BCUT2D eigenvalue weighted by atomic mass is 9.92. The second kappa shape index (κ2) is 5.79. The Bertz CT molecular complexity index is 632. The molecule has 2 amide bonds. The van der Waals surface area contributed by atoms with E-state index in [2.05, 4.69) is 16.9 Å². The number of rotatable bonds is 3. The summed E-state index contributed by atoms with van der Waals surface area (Å²) in [5.74, 6) is -4.33. The summed E-state index contributed by atoms with van der Waals surface area (Å²) in [6.07, 6.45) is 2.48. The van der Waals surface area contributed by atoms with E-state index in [-0.39, 0.29) is 12.0 Å². The van der Waals surface area contributed by atoms with Crippen molar-refractivity contribution in [2.45, 2.75) is 38.2 Å². The molecule has 23 heavy (non-hydrogen) atoms. The minimum Gasteiger partial charge on any atom is -0.364 e. The Morgan fingerprint density at radius 1 is 1.48 bits per heavy atom. The smallest absolute Gasteiger partial charge is 0.286 e. The van der Waals surface area contributed by atoms with Crippen LogP contribution in [0.25, 0.3) is 0 Å². The number of aromatic amines is 1. The maximum absolute atomic E-state index is 14.0. The van der Waals surface area contributed by atoms with Crippen molar-refractivity contribution in [2.75, 3.05) is 13.1 Å². The van der Waals surface area contributed by atoms with E-state index >= 15 is 0 Å². The minimum atomic E-state index is -3.17. The van der Waals surface area contributed by atoms with Crippen molar-refractivity contribution in [3.05, 3.63) is 36.2 Å². The van der Waals surface area contributed by atoms with Gasteiger partial charge in [-0.05, 0) is 12.1 Å². The van der Waals surface area contributed by atoms with Gasteiger partial charge in [0.15, 0.2) is 0 Å². The van der Waals surface area contributed by atoms with Crippen LogP contribution in [0, 0.1) is 0 Å². The maximum Gasteiger partial charge on any atom is 0.286 e. The fraction of sp³-hybridized carbons (Fsp3) is 0.500. The van der Waals surface area contributed by atoms with Gasteiger partial charge in [0.25, 0.3) is 11.8 Å². The normalized spacial score (nSPS) is 20.4. The second-order valence-corrected chi connectivity index (χ2v) is 6.76. The average Bonchev–Trinajstić information content (AvgIpc) is 3.03. The number of carbonyl (C=O) groups excluding carboxylic acids is 2. The van der Waals surface area contributed by atoms with Crippen molar-refractivity contribution >= 4 is 11.8 Å². The molecule has 2 rings (SSSR count). The zero-order valence-electron chi connectivity index (χ0n) is 13.5. The van der Waals surface area contributed by atoms with E-state index in [0.717, 1.165) is 16.7 Å². The molecule has 7 heteroatoms. The molecular weight excluding hydrogens is 304 g/mol. The van der Waals surface area contributed by atoms with Gasteiger partial charge in [0, 0.05) is 23.9 Å². The molecule has 0 spiro atoms. The number of alkyl halides is 2. The monoisotopic (exact) mass is 325 g/mol. The van der Waals surface area contributed by atoms with Crippen molar-refractivity contribution in [3.63, 3.8) is 0 Å². The molecule has 1 fully saturated rings. The number of halogens is 2. The van der Waals surface area contributed by atoms with Gasteiger partial charge < -0.3 is 15.2 Å². The number of hydrogen-bond acceptors (Lipinski definition) is 2. The summed E-state index contributed by atoms with van der Waals surface area (Å²) in [5.41, 5.74) is 0.951. The molecule has 1 aromatic heterocycles. The summed E-state index contributed by atoms with van der Waals surface area (Å²) in [7, 11) is 0. The zero-order chi connectivity index (χ0) is 17.4. The van der Waals surface area contributed by atoms with Crippen molar-refractivity contribution < 1.29 is 18.4 Å². The molecule has 0 aromatic carbocycles. The van der Waals surface area contributed by atoms with Crippen molar-refractivity contribution in [1.82, 2.24) is 15.2 Å². The molecule has 0 saturated carbocycles. The summed E-state index contributed by atoms with van der Waals surface area (Å²) in [5, 5.41) is 2.32. The van der Waals surface area contributed by atoms with Crippen LogP contribution < -0.4 is 5.32 Å². The quantitative estimate of drug-likeness (QED) is 0.836. The molecule has 0 aliphatic carbocycles. The van der Waals surface area contributed by atoms with E-state index in [4.69, 9.17) is 0 Å². The molecule has 0 radical (unpaired) electrons. The van der Waals surface area contributed by atoms with Gasteiger partial charge in [0.2, 0.25) is 5.91 Å². The molecule has 5 nitrogen and oxygen atoms in total. The SMILES string of the molecule is C=CC(=O)N1CC(NC(=O)c2c[nH]c(C(C)(C)C)c2)C(F)(F)C1. The molecule has 1 saturated heterocycles. The van der Waals surface area contributed by atoms with E-state index in [1.54, 1.807) is 6.07 Å². The van der Waals surface area contributed by atoms with E-state index in [1.165, 1.54) is 6.20 Å². The van der Waals surface area contributed by atoms with Crippen LogP contribution in [0.1, 0.15) is 36.8 Å². The molecule has 2 heterocycles. The molecule has 1 aliphatic rings. The summed E-state index contributed by atoms with van der Waals surface area (Å²) >= 11 is 0. The molecule has 1 atom stereocenters. The van der Waals surface area contributed by atoms with Crippen molar-refractivity contribution in [3.8, 4) is 0 Å². The van der Waals surface area contributed by atoms with Gasteiger partial charge in [-0.3, -0.25) is 9.59 Å². The van der Waals surface area contributed by atoms with Crippen molar-refractivity contribution in [1.29, 1.82) is 0 Å². The number of hydrogen-bond donors (Lipinski definition) is 2. The molecule has 1 aliphatic heterocycles. The van der Waals surface area contributed by atoms with Crippen LogP contribution in [0.5, 0.6) is 0 Å². The van der Waals surface area contributed by atoms with Gasteiger partial charge in [-0.25, -0.2) is 8.78 Å². The molecule has 126 valence electrons. The lowest BCUT2D eigenvalue weighted by Gasteiger charge is -2.18. The average molecular weight is 325 g/mol. The highest BCUT2D eigenvalue weighted by molar-refractivity contribution is 5.94. The number of H-pyrrole nitrogens is 1. The third-order valence-corrected chi connectivity index (χ3v) is 3.86. The van der Waals surface area contributed by atoms with Gasteiger partial charge in [0.1, 0.15) is 6.04 Å². The van der Waals surface area contributed by atoms with Crippen molar-refractivity contribution in [2.24, 2.45) is 0 Å². The van der Waals surface area contributed by atoms with Gasteiger partial charge in [-0.15, -0.1) is 0 Å². The number of carbonyl (C=O) groups is 2. The highest BCUT2D eigenvalue weighted by Crippen LogP contribution is 2.28. The zero-order valence-corrected chi connectivity index (χ0v) is 13.5. The third kappa shape index (κ3) is 3.60. The van der Waals surface area contributed by atoms with Crippen LogP contribution in [0.3, 0.4) is 0 Å². The Morgan fingerprint density at radius 3 is 2.65 bits per heavy atom. The first-order valence-electron chi connectivity index (χ1n) is 7.33. The first kappa shape index (κ1) is 17.2. The first-order valence-corrected chi connectivity index (χ1v) is 7.33. The predicted molar refractivity (Wildman–Crippen MR) is 82.5 cm³/mol. The van der Waals surface area contributed by atoms with E-state index in [1.807, 2.05) is 20.8 Å². The number of amides is 2. The molecule has 1 unspecified atom stereocenters. The second-order valence-electron chi connectivity index (χ2n) is 6.76. The number of nitrogens with one attached hydrogen (secondary N) is 2. The summed E-state index contributed by atoms with van der Waals surface area (Å²) in [6.45, 7) is 8.26. The van der Waals surface area contributed by atoms with Crippen LogP contribution in [-0.2, 0) is 10.2 Å². The topological polar surface area (TPSA) is 65.2 Å². The van der Waals surface area contributed by atoms with E-state index in [9.17, 15) is 18.4 Å². The number of nitrogens with zero attached hydrogens (tertiary/aromatic N) is 1. The van der Waals surface area contributed by atoms with Gasteiger partial charge in [-0.1, -0.05) is 27.4 Å². The highest BCUT2D eigenvalue weighted by Gasteiger charge is 2.50. The summed E-state index contributed by atoms with van der Waals surface area (Å²) < 4.78 is 28.0. The Balaban J connectivity index is 2.09. The van der Waals surface area contributed by atoms with E-state index in [0.29, 0.717) is 5.56 Å². The Labute approximate surface area is 133 Å². The first-order chi connectivity index (χ1) is 10.5. The fourth-order valence-corrected chi connectivity index (χ4v) is 2.43. The summed E-state index contributed by atoms with van der Waals surface area (Å²) in [4.78, 5) is 27.6. The van der Waals surface area contributed by atoms with Gasteiger partial charge >= 0.3 is 0 Å². The van der Waals surface area contributed by atoms with E-state index < -0.39 is 30.3 Å². The molecular formula is C16H21F2N3O2. The Morgan fingerprint density at radius 2 is 2.13 bits per heavy atom. The number of aromatic nitrogens is 1. The largest absolute Gasteiger partial charge is 0.364 e. The van der Waals surface area contributed by atoms with Gasteiger partial charge in [-0.2, -0.15) is 0 Å². The van der Waals surface area contributed by atoms with Crippen LogP contribution in [0.2, 0.25) is 0 Å². The minimum absolute atomic E-state index is 0.178. The maximum atomic E-state index is 14.0. The Hall–Kier alpha value is -2.18. The molecule has 1 aromatic rings. The fourth-order valence-electron chi connectivity index (χ4n) is 2.43. The molecule has 2 N–H and O–H groups in total. The van der Waals surface area contributed by atoms with Crippen LogP contribution >= 0.6 is 0 Å². The van der Waals surface area contributed by atoms with Crippen LogP contribution in [0.15, 0.2) is 24.9 Å². The lowest BCUT2D eigenvalue weighted by molar-refractivity contribution is -0.126. The predicted octanol–water partition coefficient (Wildman–Crippen LogP) is 2.07. The standard InChI is InChI=1S/C16H21F2N3O2/c1-5-13(22)21-8-12(16(17,18)9-21)20-14(23)10-6-11(19-7-10)15(2,3)4/h5-7,12,19H,1,8-9H2,2-4H3,(H,20,23). The third-order valence-electron chi connectivity index (χ3n) is 3.86. The van der Waals surface area contributed by atoms with Crippen LogP contribution in [0.4, 0.5) is 8.78 Å². The highest BCUT2D eigenvalue weighted by atomic mass is 19.3. The van der Waals surface area contributed by atoms with Gasteiger partial charge in [0.05, 0.1) is 12.1 Å². The summed E-state index contributed by atoms with van der Waals surface area (Å²) in [6, 6.07) is 0.238. The van der Waals surface area contributed by atoms with Crippen LogP contribution in [-0.4, -0.2) is 46.8 Å².